The number of para-hydroxylation sites is 4. The van der Waals surface area contributed by atoms with E-state index in [-0.39, 0.29) is 11.4 Å². The Bertz CT molecular complexity index is 2890. The zero-order valence-electron chi connectivity index (χ0n) is 45.2. The Hall–Kier alpha value is -7.88. The third kappa shape index (κ3) is 14.4. The maximum atomic E-state index is 14.9. The van der Waals surface area contributed by atoms with Gasteiger partial charge in [0.05, 0.1) is 51.1 Å². The number of fused-ring (bicyclic) bond motifs is 8. The molecule has 2 saturated heterocycles. The first-order chi connectivity index (χ1) is 37.3. The van der Waals surface area contributed by atoms with Crippen LogP contribution >= 0.6 is 0 Å². The van der Waals surface area contributed by atoms with Gasteiger partial charge < -0.3 is 50.3 Å². The van der Waals surface area contributed by atoms with Crippen LogP contribution in [0.3, 0.4) is 0 Å². The predicted octanol–water partition coefficient (Wildman–Crippen LogP) is -1.33. The molecule has 2 aromatic heterocycles. The summed E-state index contributed by atoms with van der Waals surface area (Å²) in [5, 5.41) is 9.19. The lowest BCUT2D eigenvalue weighted by Gasteiger charge is -2.36. The Labute approximate surface area is 459 Å². The van der Waals surface area contributed by atoms with Gasteiger partial charge in [0, 0.05) is 49.8 Å². The van der Waals surface area contributed by atoms with Crippen molar-refractivity contribution in [2.75, 3.05) is 58.0 Å². The number of amides is 8. The lowest BCUT2D eigenvalue weighted by Crippen LogP contribution is -2.60. The highest BCUT2D eigenvalue weighted by Gasteiger charge is 2.43. The summed E-state index contributed by atoms with van der Waals surface area (Å²) in [6, 6.07) is 0.369. The van der Waals surface area contributed by atoms with Crippen LogP contribution in [0, 0.1) is 11.8 Å². The maximum Gasteiger partial charge on any atom is 0.329 e. The summed E-state index contributed by atoms with van der Waals surface area (Å²) in [6.45, 7) is 7.02. The molecule has 2 fully saturated rings. The van der Waals surface area contributed by atoms with Gasteiger partial charge in [0.15, 0.2) is 0 Å². The molecule has 424 valence electrons. The first-order valence-corrected chi connectivity index (χ1v) is 28.0. The van der Waals surface area contributed by atoms with Gasteiger partial charge in [-0.1, -0.05) is 52.0 Å². The second-order valence-corrected chi connectivity index (χ2v) is 23.2. The van der Waals surface area contributed by atoms with Crippen LogP contribution in [-0.2, 0) is 69.4 Å². The molecule has 6 rings (SSSR count). The quantitative estimate of drug-likeness (QED) is 0.163. The molecule has 4 aromatic rings. The minimum Gasteiger partial charge on any atom is -0.461 e. The second-order valence-electron chi connectivity index (χ2n) is 19.8. The minimum atomic E-state index is -2.29. The highest BCUT2D eigenvalue weighted by molar-refractivity contribution is 8.01. The van der Waals surface area contributed by atoms with E-state index in [9.17, 15) is 56.4 Å². The summed E-state index contributed by atoms with van der Waals surface area (Å²) in [5.74, 6) is -12.9. The number of benzene rings is 2. The van der Waals surface area contributed by atoms with Gasteiger partial charge >= 0.3 is 11.9 Å². The number of carbonyl (C=O) groups is 10. The highest BCUT2D eigenvalue weighted by Crippen LogP contribution is 2.20. The Morgan fingerprint density at radius 3 is 1.24 bits per heavy atom. The third-order valence-corrected chi connectivity index (χ3v) is 16.8. The van der Waals surface area contributed by atoms with Crippen LogP contribution in [0.15, 0.2) is 60.9 Å². The molecule has 0 aliphatic carbocycles. The van der Waals surface area contributed by atoms with Gasteiger partial charge in [0.2, 0.25) is 35.4 Å². The second kappa shape index (κ2) is 26.2. The van der Waals surface area contributed by atoms with Crippen molar-refractivity contribution in [1.82, 2.24) is 60.8 Å². The van der Waals surface area contributed by atoms with Gasteiger partial charge in [-0.2, -0.15) is 0 Å². The lowest BCUT2D eigenvalue weighted by molar-refractivity contribution is -0.160. The molecule has 2 unspecified atom stereocenters. The SMILES string of the molecule is CC(C)[C@H]1C(=O)OC[C@@H](NC(=O)c2cnc3ccccc3n2)C(=O)N[C@@H](C)C(=O)N(C)[C@H]2CS(=O)CS(=O)C[C@@H](C(=O)N1C)N(C)C(=O)[C@H](C)NC(=O)[C@H](NC(=O)c1cnc3ccccc3n1)COC(=O)[C@H](C(C)C)N(C)C2=O. The van der Waals surface area contributed by atoms with E-state index in [1.165, 1.54) is 42.0 Å². The van der Waals surface area contributed by atoms with Crippen molar-refractivity contribution >= 4 is 103 Å². The number of rotatable bonds is 6. The molecule has 26 nitrogen and oxygen atoms in total. The summed E-state index contributed by atoms with van der Waals surface area (Å²) in [5.41, 5.74) is 1.14. The summed E-state index contributed by atoms with van der Waals surface area (Å²) in [4.78, 5) is 164. The van der Waals surface area contributed by atoms with E-state index in [2.05, 4.69) is 41.2 Å². The molecular formula is C51H64N12O14S2. The summed E-state index contributed by atoms with van der Waals surface area (Å²) in [7, 11) is 0.191. The van der Waals surface area contributed by atoms with Crippen LogP contribution in [0.1, 0.15) is 62.5 Å². The molecule has 0 radical (unpaired) electrons. The van der Waals surface area contributed by atoms with Crippen LogP contribution in [0.2, 0.25) is 0 Å². The first-order valence-electron chi connectivity index (χ1n) is 25.0. The van der Waals surface area contributed by atoms with E-state index in [0.29, 0.717) is 22.1 Å². The Morgan fingerprint density at radius 1 is 0.557 bits per heavy atom. The van der Waals surface area contributed by atoms with Crippen LogP contribution in [-0.4, -0.2) is 213 Å². The Balaban J connectivity index is 1.43. The number of carbonyl (C=O) groups excluding carboxylic acids is 10. The molecule has 2 aromatic carbocycles. The fourth-order valence-corrected chi connectivity index (χ4v) is 12.3. The zero-order chi connectivity index (χ0) is 58.2. The molecule has 4 N–H and O–H groups in total. The molecule has 4 heterocycles. The molecule has 28 heteroatoms. The van der Waals surface area contributed by atoms with Crippen molar-refractivity contribution < 1.29 is 65.8 Å². The molecular weight excluding hydrogens is 1070 g/mol. The predicted molar refractivity (Wildman–Crippen MR) is 286 cm³/mol. The Morgan fingerprint density at radius 2 is 0.899 bits per heavy atom. The van der Waals surface area contributed by atoms with Crippen molar-refractivity contribution in [3.63, 3.8) is 0 Å². The number of nitrogens with one attached hydrogen (secondary N) is 4. The van der Waals surface area contributed by atoms with Crippen molar-refractivity contribution in [2.24, 2.45) is 11.8 Å². The van der Waals surface area contributed by atoms with Crippen LogP contribution in [0.4, 0.5) is 0 Å². The highest BCUT2D eigenvalue weighted by atomic mass is 32.2. The summed E-state index contributed by atoms with van der Waals surface area (Å²) < 4.78 is 39.8. The standard InChI is InChI=1S/C51H64N12O14S2/c1-26(2)40-50(72)76-21-36(58-42(64)34-19-52-30-15-11-13-17-32(30)56-34)44(66)54-29(6)47(69)61(8)39-24-79(75)25-78(74)23-38(48(70)62(40)9)60(7)46(68)28(5)55-45(67)37(22-77-51(73)41(27(3)4)63(10)49(39)71)59-43(65)35-20-53-31-16-12-14-18-33(31)57-35/h11-20,26-29,36-41H,21-25H2,1-10H3,(H,54,66)(H,55,67)(H,58,64)(H,59,65)/t28-,29-,36+,37+,38-,39-,40-,41-,78?,79?/m0/s1. The number of hydrogen-bond donors (Lipinski definition) is 4. The normalized spacial score (nSPS) is 26.3. The average molecular weight is 1130 g/mol. The van der Waals surface area contributed by atoms with Gasteiger partial charge in [0.1, 0.15) is 72.9 Å². The molecule has 79 heavy (non-hydrogen) atoms. The van der Waals surface area contributed by atoms with Gasteiger partial charge in [0.25, 0.3) is 11.8 Å². The topological polar surface area (TPSA) is 336 Å². The number of ether oxygens (including phenoxy) is 2. The maximum absolute atomic E-state index is 14.9. The van der Waals surface area contributed by atoms with Crippen LogP contribution < -0.4 is 21.3 Å². The first kappa shape index (κ1) is 60.4. The monoisotopic (exact) mass is 1130 g/mol. The van der Waals surface area contributed by atoms with Crippen LogP contribution in [0.25, 0.3) is 22.1 Å². The van der Waals surface area contributed by atoms with E-state index in [1.807, 2.05) is 0 Å². The number of hydrogen-bond acceptors (Lipinski definition) is 18. The largest absolute Gasteiger partial charge is 0.461 e. The van der Waals surface area contributed by atoms with E-state index in [4.69, 9.17) is 9.47 Å². The van der Waals surface area contributed by atoms with Gasteiger partial charge in [-0.25, -0.2) is 19.6 Å². The molecule has 8 amide bonds. The van der Waals surface area contributed by atoms with Crippen molar-refractivity contribution in [1.29, 1.82) is 0 Å². The number of likely N-dealkylation sites (N-methyl/N-ethyl adjacent to an activating group) is 4. The summed E-state index contributed by atoms with van der Waals surface area (Å²) >= 11 is 0. The molecule has 0 spiro atoms. The minimum absolute atomic E-state index is 0.231. The number of aromatic nitrogens is 4. The molecule has 10 atom stereocenters. The molecule has 0 saturated carbocycles. The third-order valence-electron chi connectivity index (χ3n) is 13.3. The smallest absolute Gasteiger partial charge is 0.329 e. The molecule has 2 aliphatic rings. The van der Waals surface area contributed by atoms with E-state index < -0.39 is 171 Å². The molecule has 2 bridgehead atoms. The zero-order valence-corrected chi connectivity index (χ0v) is 46.8. The fourth-order valence-electron chi connectivity index (χ4n) is 8.93. The van der Waals surface area contributed by atoms with E-state index in [0.717, 1.165) is 32.0 Å². The van der Waals surface area contributed by atoms with Crippen LogP contribution in [0.5, 0.6) is 0 Å². The Kier molecular flexibility index (Phi) is 20.0. The van der Waals surface area contributed by atoms with E-state index in [1.54, 1.807) is 76.2 Å². The number of esters is 2. The van der Waals surface area contributed by atoms with E-state index >= 15 is 0 Å². The van der Waals surface area contributed by atoms with Gasteiger partial charge in [-0.3, -0.25) is 56.7 Å². The van der Waals surface area contributed by atoms with Crippen molar-refractivity contribution in [3.8, 4) is 0 Å². The fraction of sp³-hybridized carbons (Fsp3) is 0.490. The van der Waals surface area contributed by atoms with Crippen molar-refractivity contribution in [3.05, 3.63) is 72.3 Å². The number of cyclic esters (lactones) is 2. The lowest BCUT2D eigenvalue weighted by atomic mass is 10.0. The van der Waals surface area contributed by atoms with Crippen molar-refractivity contribution in [2.45, 2.75) is 89.9 Å². The number of nitrogens with zero attached hydrogens (tertiary/aromatic N) is 8. The summed E-state index contributed by atoms with van der Waals surface area (Å²) in [6.07, 6.45) is 2.33. The van der Waals surface area contributed by atoms with Gasteiger partial charge in [-0.05, 0) is 49.9 Å². The van der Waals surface area contributed by atoms with Gasteiger partial charge in [-0.15, -0.1) is 0 Å². The molecule has 2 aliphatic heterocycles. The average Bonchev–Trinajstić information content (AvgIpc) is 3.42.